The molecule has 1 rings (SSSR count). The van der Waals surface area contributed by atoms with Gasteiger partial charge in [-0.3, -0.25) is 0 Å². The van der Waals surface area contributed by atoms with E-state index in [0.717, 1.165) is 32.2 Å². The zero-order valence-electron chi connectivity index (χ0n) is 11.5. The number of amidine groups is 1. The number of hydrogen-bond acceptors (Lipinski definition) is 4. The molecule has 5 heteroatoms. The van der Waals surface area contributed by atoms with Gasteiger partial charge in [0.1, 0.15) is 5.84 Å². The number of nitrogens with one attached hydrogen (secondary N) is 1. The molecule has 1 aliphatic rings. The van der Waals surface area contributed by atoms with Gasteiger partial charge in [-0.2, -0.15) is 0 Å². The highest BCUT2D eigenvalue weighted by Crippen LogP contribution is 2.48. The van der Waals surface area contributed by atoms with E-state index >= 15 is 0 Å². The van der Waals surface area contributed by atoms with Crippen molar-refractivity contribution in [2.75, 3.05) is 13.1 Å². The van der Waals surface area contributed by atoms with E-state index in [1.165, 1.54) is 0 Å². The molecule has 0 saturated heterocycles. The average molecular weight is 257 g/mol. The molecule has 106 valence electrons. The van der Waals surface area contributed by atoms with E-state index < -0.39 is 0 Å². The van der Waals surface area contributed by atoms with Crippen LogP contribution in [0.1, 0.15) is 46.0 Å². The van der Waals surface area contributed by atoms with Crippen LogP contribution in [0.2, 0.25) is 0 Å². The molecule has 0 aromatic carbocycles. The van der Waals surface area contributed by atoms with Crippen molar-refractivity contribution in [2.24, 2.45) is 22.2 Å². The van der Waals surface area contributed by atoms with Crippen LogP contribution < -0.4 is 11.1 Å². The second-order valence-corrected chi connectivity index (χ2v) is 5.54. The SMILES string of the molecule is CCC(CC)C(O)CNCC1(CC(N)=NO)CC1. The van der Waals surface area contributed by atoms with E-state index in [-0.39, 0.29) is 11.5 Å². The smallest absolute Gasteiger partial charge is 0.139 e. The van der Waals surface area contributed by atoms with Gasteiger partial charge in [-0.15, -0.1) is 0 Å². The first kappa shape index (κ1) is 15.2. The topological polar surface area (TPSA) is 90.9 Å². The van der Waals surface area contributed by atoms with Crippen LogP contribution >= 0.6 is 0 Å². The van der Waals surface area contributed by atoms with Crippen molar-refractivity contribution in [3.05, 3.63) is 0 Å². The lowest BCUT2D eigenvalue weighted by molar-refractivity contribution is 0.100. The summed E-state index contributed by atoms with van der Waals surface area (Å²) in [6.45, 7) is 5.68. The van der Waals surface area contributed by atoms with Crippen LogP contribution in [0.5, 0.6) is 0 Å². The maximum absolute atomic E-state index is 10.0. The molecule has 5 N–H and O–H groups in total. The predicted molar refractivity (Wildman–Crippen MR) is 72.6 cm³/mol. The Bertz CT molecular complexity index is 273. The molecule has 0 bridgehead atoms. The summed E-state index contributed by atoms with van der Waals surface area (Å²) >= 11 is 0. The summed E-state index contributed by atoms with van der Waals surface area (Å²) in [6, 6.07) is 0. The van der Waals surface area contributed by atoms with Gasteiger partial charge >= 0.3 is 0 Å². The van der Waals surface area contributed by atoms with Gasteiger partial charge < -0.3 is 21.4 Å². The molecule has 0 heterocycles. The van der Waals surface area contributed by atoms with Gasteiger partial charge in [-0.25, -0.2) is 0 Å². The third-order valence-electron chi connectivity index (χ3n) is 4.09. The molecular formula is C13H27N3O2. The number of oxime groups is 1. The largest absolute Gasteiger partial charge is 0.409 e. The lowest BCUT2D eigenvalue weighted by Gasteiger charge is -2.22. The third kappa shape index (κ3) is 4.46. The number of rotatable bonds is 9. The van der Waals surface area contributed by atoms with E-state index in [1.807, 2.05) is 0 Å². The fourth-order valence-corrected chi connectivity index (χ4v) is 2.50. The van der Waals surface area contributed by atoms with Crippen LogP contribution in [-0.2, 0) is 0 Å². The number of aliphatic hydroxyl groups is 1. The molecule has 1 atom stereocenters. The molecule has 0 amide bonds. The quantitative estimate of drug-likeness (QED) is 0.217. The highest BCUT2D eigenvalue weighted by molar-refractivity contribution is 5.80. The maximum Gasteiger partial charge on any atom is 0.139 e. The monoisotopic (exact) mass is 257 g/mol. The van der Waals surface area contributed by atoms with Gasteiger partial charge in [-0.1, -0.05) is 31.8 Å². The van der Waals surface area contributed by atoms with Gasteiger partial charge in [0.2, 0.25) is 0 Å². The first-order valence-corrected chi connectivity index (χ1v) is 6.92. The van der Waals surface area contributed by atoms with E-state index in [2.05, 4.69) is 24.3 Å². The van der Waals surface area contributed by atoms with Crippen LogP contribution in [0.25, 0.3) is 0 Å². The second kappa shape index (κ2) is 6.95. The van der Waals surface area contributed by atoms with Gasteiger partial charge in [0, 0.05) is 19.5 Å². The number of nitrogens with two attached hydrogens (primary N) is 1. The second-order valence-electron chi connectivity index (χ2n) is 5.54. The molecule has 5 nitrogen and oxygen atoms in total. The van der Waals surface area contributed by atoms with Crippen molar-refractivity contribution < 1.29 is 10.3 Å². The highest BCUT2D eigenvalue weighted by atomic mass is 16.4. The molecule has 1 fully saturated rings. The number of hydrogen-bond donors (Lipinski definition) is 4. The van der Waals surface area contributed by atoms with Crippen molar-refractivity contribution in [1.29, 1.82) is 0 Å². The summed E-state index contributed by atoms with van der Waals surface area (Å²) in [6.07, 6.45) is 4.59. The number of nitrogens with zero attached hydrogens (tertiary/aromatic N) is 1. The van der Waals surface area contributed by atoms with Crippen molar-refractivity contribution in [3.63, 3.8) is 0 Å². The zero-order valence-corrected chi connectivity index (χ0v) is 11.5. The molecule has 1 aliphatic carbocycles. The van der Waals surface area contributed by atoms with Crippen LogP contribution in [0.15, 0.2) is 5.16 Å². The molecule has 0 aromatic rings. The van der Waals surface area contributed by atoms with Crippen molar-refractivity contribution >= 4 is 5.84 Å². The Balaban J connectivity index is 2.25. The van der Waals surface area contributed by atoms with Crippen LogP contribution in [-0.4, -0.2) is 35.3 Å². The highest BCUT2D eigenvalue weighted by Gasteiger charge is 2.42. The van der Waals surface area contributed by atoms with Crippen LogP contribution in [0.4, 0.5) is 0 Å². The summed E-state index contributed by atoms with van der Waals surface area (Å²) in [5.74, 6) is 0.673. The fourth-order valence-electron chi connectivity index (χ4n) is 2.50. The minimum Gasteiger partial charge on any atom is -0.409 e. The standard InChI is InChI=1S/C13H27N3O2/c1-3-10(4-2)11(17)8-15-9-13(5-6-13)7-12(14)16-18/h10-11,15,17-18H,3-9H2,1-2H3,(H2,14,16). The Kier molecular flexibility index (Phi) is 5.88. The van der Waals surface area contributed by atoms with Crippen LogP contribution in [0, 0.1) is 11.3 Å². The van der Waals surface area contributed by atoms with E-state index in [9.17, 15) is 5.11 Å². The molecule has 1 saturated carbocycles. The normalized spacial score (nSPS) is 20.1. The van der Waals surface area contributed by atoms with Gasteiger partial charge in [0.15, 0.2) is 0 Å². The summed E-state index contributed by atoms with van der Waals surface area (Å²) in [5, 5.41) is 24.9. The summed E-state index contributed by atoms with van der Waals surface area (Å²) < 4.78 is 0. The number of aliphatic hydroxyl groups excluding tert-OH is 1. The summed E-state index contributed by atoms with van der Waals surface area (Å²) in [5.41, 5.74) is 5.70. The molecule has 1 unspecified atom stereocenters. The van der Waals surface area contributed by atoms with Crippen molar-refractivity contribution in [1.82, 2.24) is 5.32 Å². The molecular weight excluding hydrogens is 230 g/mol. The third-order valence-corrected chi connectivity index (χ3v) is 4.09. The van der Waals surface area contributed by atoms with Gasteiger partial charge in [0.25, 0.3) is 0 Å². The maximum atomic E-state index is 10.0. The van der Waals surface area contributed by atoms with Crippen molar-refractivity contribution in [3.8, 4) is 0 Å². The Labute approximate surface area is 109 Å². The van der Waals surface area contributed by atoms with E-state index in [0.29, 0.717) is 24.7 Å². The van der Waals surface area contributed by atoms with Gasteiger partial charge in [-0.05, 0) is 24.2 Å². The zero-order chi connectivity index (χ0) is 13.6. The summed E-state index contributed by atoms with van der Waals surface area (Å²) in [4.78, 5) is 0. The summed E-state index contributed by atoms with van der Waals surface area (Å²) in [7, 11) is 0. The molecule has 0 radical (unpaired) electrons. The average Bonchev–Trinajstić information content (AvgIpc) is 3.10. The molecule has 18 heavy (non-hydrogen) atoms. The Hall–Kier alpha value is -0.810. The van der Waals surface area contributed by atoms with Gasteiger partial charge in [0.05, 0.1) is 6.10 Å². The molecule has 0 aromatic heterocycles. The first-order valence-electron chi connectivity index (χ1n) is 6.92. The predicted octanol–water partition coefficient (Wildman–Crippen LogP) is 1.29. The fraction of sp³-hybridized carbons (Fsp3) is 0.923. The molecule has 0 aliphatic heterocycles. The first-order chi connectivity index (χ1) is 8.56. The Morgan fingerprint density at radius 1 is 1.39 bits per heavy atom. The molecule has 0 spiro atoms. The Morgan fingerprint density at radius 3 is 2.44 bits per heavy atom. The Morgan fingerprint density at radius 2 is 2.00 bits per heavy atom. The lowest BCUT2D eigenvalue weighted by atomic mass is 9.96. The van der Waals surface area contributed by atoms with E-state index in [1.54, 1.807) is 0 Å². The minimum absolute atomic E-state index is 0.157. The van der Waals surface area contributed by atoms with E-state index in [4.69, 9.17) is 10.9 Å². The van der Waals surface area contributed by atoms with Crippen molar-refractivity contribution in [2.45, 2.75) is 52.1 Å². The lowest BCUT2D eigenvalue weighted by Crippen LogP contribution is -2.36. The van der Waals surface area contributed by atoms with Crippen LogP contribution in [0.3, 0.4) is 0 Å². The minimum atomic E-state index is -0.278.